The summed E-state index contributed by atoms with van der Waals surface area (Å²) in [5.41, 5.74) is 2.80. The van der Waals surface area contributed by atoms with Gasteiger partial charge in [0.1, 0.15) is 34.9 Å². The first kappa shape index (κ1) is 23.6. The maximum absolute atomic E-state index is 14.3. The summed E-state index contributed by atoms with van der Waals surface area (Å²) < 4.78 is 8.68. The molecule has 0 aliphatic carbocycles. The van der Waals surface area contributed by atoms with Gasteiger partial charge in [-0.05, 0) is 36.6 Å². The van der Waals surface area contributed by atoms with E-state index in [1.165, 1.54) is 6.33 Å². The monoisotopic (exact) mass is 506 g/mol. The fourth-order valence-corrected chi connectivity index (χ4v) is 5.72. The highest BCUT2D eigenvalue weighted by atomic mass is 16.5. The lowest BCUT2D eigenvalue weighted by atomic mass is 9.87. The van der Waals surface area contributed by atoms with E-state index in [-0.39, 0.29) is 5.56 Å². The van der Waals surface area contributed by atoms with E-state index in [2.05, 4.69) is 39.4 Å². The lowest BCUT2D eigenvalue weighted by Gasteiger charge is -2.40. The molecule has 1 aromatic carbocycles. The zero-order valence-corrected chi connectivity index (χ0v) is 21.2. The number of fused-ring (bicyclic) bond motifs is 2. The fraction of sp³-hybridized carbons (Fsp3) is 0.250. The smallest absolute Gasteiger partial charge is 0.282 e. The quantitative estimate of drug-likeness (QED) is 0.348. The predicted molar refractivity (Wildman–Crippen MR) is 143 cm³/mol. The molecule has 4 aromatic heterocycles. The van der Waals surface area contributed by atoms with Gasteiger partial charge in [-0.3, -0.25) is 9.36 Å². The van der Waals surface area contributed by atoms with Crippen LogP contribution in [0.15, 0.2) is 72.1 Å². The van der Waals surface area contributed by atoms with Gasteiger partial charge in [-0.1, -0.05) is 31.7 Å². The van der Waals surface area contributed by atoms with Crippen molar-refractivity contribution in [2.24, 2.45) is 0 Å². The zero-order chi connectivity index (χ0) is 26.4. The molecule has 38 heavy (non-hydrogen) atoms. The largest absolute Gasteiger partial charge is 0.380 e. The molecule has 0 saturated carbocycles. The van der Waals surface area contributed by atoms with E-state index in [1.54, 1.807) is 28.6 Å². The SMILES string of the molecule is C=C1CCN(c2ncnc3[nH]cc(C#N)c23)[C@]1(CC)c1nn2ccc(COC)c2c(=O)n1-c1ccccc1. The van der Waals surface area contributed by atoms with Gasteiger partial charge in [0.05, 0.1) is 23.2 Å². The van der Waals surface area contributed by atoms with Crippen molar-refractivity contribution in [3.63, 3.8) is 0 Å². The molecule has 1 fully saturated rings. The molecule has 1 atom stereocenters. The van der Waals surface area contributed by atoms with Crippen LogP contribution in [0.4, 0.5) is 5.82 Å². The average molecular weight is 507 g/mol. The van der Waals surface area contributed by atoms with Gasteiger partial charge in [0, 0.05) is 31.6 Å². The number of rotatable bonds is 6. The minimum atomic E-state index is -0.875. The molecule has 1 N–H and O–H groups in total. The molecule has 0 bridgehead atoms. The van der Waals surface area contributed by atoms with E-state index in [0.717, 1.165) is 11.1 Å². The number of nitrogens with zero attached hydrogens (tertiary/aromatic N) is 7. The highest BCUT2D eigenvalue weighted by molar-refractivity contribution is 5.93. The van der Waals surface area contributed by atoms with E-state index in [0.29, 0.717) is 65.4 Å². The van der Waals surface area contributed by atoms with Gasteiger partial charge < -0.3 is 14.6 Å². The van der Waals surface area contributed by atoms with Gasteiger partial charge in [0.15, 0.2) is 5.82 Å². The Kier molecular flexibility index (Phi) is 5.58. The minimum absolute atomic E-state index is 0.196. The summed E-state index contributed by atoms with van der Waals surface area (Å²) in [6.07, 6.45) is 6.16. The third-order valence-electron chi connectivity index (χ3n) is 7.47. The molecular formula is C28H26N8O2. The minimum Gasteiger partial charge on any atom is -0.380 e. The number of anilines is 1. The van der Waals surface area contributed by atoms with Crippen molar-refractivity contribution in [1.82, 2.24) is 29.1 Å². The molecule has 1 saturated heterocycles. The molecule has 5 heterocycles. The van der Waals surface area contributed by atoms with Crippen LogP contribution >= 0.6 is 0 Å². The topological polar surface area (TPSA) is 117 Å². The van der Waals surface area contributed by atoms with Crippen molar-refractivity contribution in [2.45, 2.75) is 31.9 Å². The summed E-state index contributed by atoms with van der Waals surface area (Å²) in [7, 11) is 1.60. The molecule has 6 rings (SSSR count). The van der Waals surface area contributed by atoms with Crippen LogP contribution in [0.25, 0.3) is 22.2 Å². The molecule has 10 nitrogen and oxygen atoms in total. The maximum atomic E-state index is 14.3. The Morgan fingerprint density at radius 2 is 2.05 bits per heavy atom. The molecule has 1 aliphatic rings. The van der Waals surface area contributed by atoms with E-state index in [9.17, 15) is 10.1 Å². The molecule has 0 spiro atoms. The first-order valence-electron chi connectivity index (χ1n) is 12.4. The molecule has 10 heteroatoms. The first-order chi connectivity index (χ1) is 18.5. The van der Waals surface area contributed by atoms with Crippen LogP contribution in [0.5, 0.6) is 0 Å². The van der Waals surface area contributed by atoms with Gasteiger partial charge in [-0.25, -0.2) is 14.5 Å². The number of para-hydroxylation sites is 1. The van der Waals surface area contributed by atoms with E-state index < -0.39 is 5.54 Å². The second-order valence-electron chi connectivity index (χ2n) is 9.32. The Bertz CT molecular complexity index is 1790. The molecule has 0 amide bonds. The third-order valence-corrected chi connectivity index (χ3v) is 7.47. The Hall–Kier alpha value is -4.75. The van der Waals surface area contributed by atoms with Crippen LogP contribution in [0.1, 0.15) is 36.7 Å². The second kappa shape index (κ2) is 8.97. The number of aromatic amines is 1. The number of nitriles is 1. The summed E-state index contributed by atoms with van der Waals surface area (Å²) in [6, 6.07) is 13.6. The maximum Gasteiger partial charge on any atom is 0.282 e. The summed E-state index contributed by atoms with van der Waals surface area (Å²) in [6.45, 7) is 7.42. The van der Waals surface area contributed by atoms with Crippen LogP contribution in [0.2, 0.25) is 0 Å². The Labute approximate surface area is 218 Å². The molecule has 1 aliphatic heterocycles. The molecule has 5 aromatic rings. The molecule has 0 radical (unpaired) electrons. The van der Waals surface area contributed by atoms with Crippen LogP contribution in [-0.4, -0.2) is 42.8 Å². The highest BCUT2D eigenvalue weighted by Gasteiger charge is 2.49. The normalized spacial score (nSPS) is 17.5. The number of hydrogen-bond donors (Lipinski definition) is 1. The number of aromatic nitrogens is 6. The van der Waals surface area contributed by atoms with Gasteiger partial charge in [0.25, 0.3) is 5.56 Å². The fourth-order valence-electron chi connectivity index (χ4n) is 5.72. The Morgan fingerprint density at radius 1 is 1.24 bits per heavy atom. The highest BCUT2D eigenvalue weighted by Crippen LogP contribution is 2.48. The third kappa shape index (κ3) is 3.22. The number of ether oxygens (including phenoxy) is 1. The van der Waals surface area contributed by atoms with Crippen LogP contribution in [0, 0.1) is 11.3 Å². The van der Waals surface area contributed by atoms with Gasteiger partial charge in [-0.15, -0.1) is 0 Å². The number of methoxy groups -OCH3 is 1. The van der Waals surface area contributed by atoms with Crippen LogP contribution < -0.4 is 10.5 Å². The Morgan fingerprint density at radius 3 is 2.79 bits per heavy atom. The molecular weight excluding hydrogens is 480 g/mol. The van der Waals surface area contributed by atoms with E-state index in [4.69, 9.17) is 9.84 Å². The first-order valence-corrected chi connectivity index (χ1v) is 12.4. The summed E-state index contributed by atoms with van der Waals surface area (Å²) in [4.78, 5) is 28.5. The van der Waals surface area contributed by atoms with Crippen molar-refractivity contribution >= 4 is 22.4 Å². The zero-order valence-electron chi connectivity index (χ0n) is 21.2. The predicted octanol–water partition coefficient (Wildman–Crippen LogP) is 3.85. The van der Waals surface area contributed by atoms with Crippen molar-refractivity contribution in [1.29, 1.82) is 5.26 Å². The standard InChI is InChI=1S/C28H26N8O2/c1-4-28(18(2)10-12-34(28)25-22-20(14-29)15-30-24(22)31-17-32-25)27-33-35-13-11-19(16-38-3)23(35)26(37)36(27)21-8-6-5-7-9-21/h5-9,11,13,15,17H,2,4,10,12,16H2,1,3H3,(H,30,31,32)/t28-/m0/s1. The summed E-state index contributed by atoms with van der Waals surface area (Å²) in [5.74, 6) is 1.14. The van der Waals surface area contributed by atoms with Crippen LogP contribution in [-0.2, 0) is 16.9 Å². The average Bonchev–Trinajstić information content (AvgIpc) is 3.64. The molecule has 0 unspecified atom stereocenters. The van der Waals surface area contributed by atoms with Crippen molar-refractivity contribution in [3.05, 3.63) is 94.6 Å². The van der Waals surface area contributed by atoms with Gasteiger partial charge in [0.2, 0.25) is 0 Å². The van der Waals surface area contributed by atoms with Crippen molar-refractivity contribution < 1.29 is 4.74 Å². The number of H-pyrrole nitrogens is 1. The van der Waals surface area contributed by atoms with Crippen molar-refractivity contribution in [2.75, 3.05) is 18.6 Å². The number of nitrogens with one attached hydrogen (secondary N) is 1. The Balaban J connectivity index is 1.70. The van der Waals surface area contributed by atoms with E-state index >= 15 is 0 Å². The van der Waals surface area contributed by atoms with E-state index in [1.807, 2.05) is 36.4 Å². The summed E-state index contributed by atoms with van der Waals surface area (Å²) >= 11 is 0. The number of benzene rings is 1. The second-order valence-corrected chi connectivity index (χ2v) is 9.32. The van der Waals surface area contributed by atoms with Gasteiger partial charge >= 0.3 is 0 Å². The van der Waals surface area contributed by atoms with Gasteiger partial charge in [-0.2, -0.15) is 10.4 Å². The van der Waals surface area contributed by atoms with Crippen LogP contribution in [0.3, 0.4) is 0 Å². The number of hydrogen-bond acceptors (Lipinski definition) is 7. The molecule has 190 valence electrons. The lowest BCUT2D eigenvalue weighted by molar-refractivity contribution is 0.186. The van der Waals surface area contributed by atoms with Crippen molar-refractivity contribution in [3.8, 4) is 11.8 Å². The summed E-state index contributed by atoms with van der Waals surface area (Å²) in [5, 5.41) is 15.5. The lowest BCUT2D eigenvalue weighted by Crippen LogP contribution is -2.47.